The Balaban J connectivity index is 3.16. The van der Waals surface area contributed by atoms with Crippen molar-refractivity contribution < 1.29 is 0 Å². The summed E-state index contributed by atoms with van der Waals surface area (Å²) in [5.74, 6) is 0. The first-order valence-electron chi connectivity index (χ1n) is 5.46. The second-order valence-electron chi connectivity index (χ2n) is 5.06. The summed E-state index contributed by atoms with van der Waals surface area (Å²) in [4.78, 5) is 1.89. The number of halogens is 5. The van der Waals surface area contributed by atoms with E-state index < -0.39 is 14.3 Å². The number of hydrogen-bond acceptors (Lipinski definition) is 3. The van der Waals surface area contributed by atoms with E-state index in [0.29, 0.717) is 6.54 Å². The van der Waals surface area contributed by atoms with Crippen LogP contribution in [0.15, 0.2) is 5.10 Å². The molecule has 0 radical (unpaired) electrons. The maximum absolute atomic E-state index is 6.30. The lowest BCUT2D eigenvalue weighted by Crippen LogP contribution is -2.60. The van der Waals surface area contributed by atoms with Gasteiger partial charge in [-0.05, 0) is 27.7 Å². The third kappa shape index (κ3) is 3.06. The lowest BCUT2D eigenvalue weighted by atomic mass is 10.1. The van der Waals surface area contributed by atoms with Gasteiger partial charge in [-0.15, -0.1) is 0 Å². The standard InChI is InChI=1S/C10H16Cl5N3/c1-5-18-7(9(11,12)10(13,14)15)17(6-16-18)8(2,3)4/h6-7H,5H2,1-4H3. The molecule has 0 aromatic carbocycles. The highest BCUT2D eigenvalue weighted by Crippen LogP contribution is 2.51. The minimum atomic E-state index is -1.83. The summed E-state index contributed by atoms with van der Waals surface area (Å²) in [6.07, 6.45) is 1.13. The van der Waals surface area contributed by atoms with E-state index in [1.807, 2.05) is 32.6 Å². The van der Waals surface area contributed by atoms with Crippen LogP contribution in [0, 0.1) is 0 Å². The molecule has 1 unspecified atom stereocenters. The van der Waals surface area contributed by atoms with E-state index in [4.69, 9.17) is 58.0 Å². The summed E-state index contributed by atoms with van der Waals surface area (Å²) < 4.78 is -3.44. The molecule has 0 saturated heterocycles. The van der Waals surface area contributed by atoms with Crippen molar-refractivity contribution in [2.45, 2.75) is 47.5 Å². The first kappa shape index (κ1) is 16.8. The summed E-state index contributed by atoms with van der Waals surface area (Å²) in [6, 6.07) is 0. The Labute approximate surface area is 133 Å². The molecular formula is C10H16Cl5N3. The molecule has 0 amide bonds. The van der Waals surface area contributed by atoms with E-state index >= 15 is 0 Å². The van der Waals surface area contributed by atoms with Gasteiger partial charge in [-0.1, -0.05) is 58.0 Å². The van der Waals surface area contributed by atoms with Gasteiger partial charge in [-0.3, -0.25) is 5.01 Å². The molecule has 0 aromatic heterocycles. The van der Waals surface area contributed by atoms with Gasteiger partial charge < -0.3 is 4.90 Å². The Bertz CT molecular complexity index is 331. The smallest absolute Gasteiger partial charge is 0.227 e. The number of nitrogens with zero attached hydrogens (tertiary/aromatic N) is 3. The molecule has 1 aliphatic heterocycles. The van der Waals surface area contributed by atoms with Gasteiger partial charge in [0.2, 0.25) is 8.13 Å². The van der Waals surface area contributed by atoms with Crippen LogP contribution in [0.5, 0.6) is 0 Å². The van der Waals surface area contributed by atoms with Crippen LogP contribution in [0.2, 0.25) is 0 Å². The van der Waals surface area contributed by atoms with Crippen molar-refractivity contribution in [3.63, 3.8) is 0 Å². The van der Waals surface area contributed by atoms with Gasteiger partial charge in [-0.2, -0.15) is 5.10 Å². The topological polar surface area (TPSA) is 18.8 Å². The van der Waals surface area contributed by atoms with E-state index in [-0.39, 0.29) is 5.54 Å². The predicted octanol–water partition coefficient (Wildman–Crippen LogP) is 4.24. The van der Waals surface area contributed by atoms with E-state index in [9.17, 15) is 0 Å². The first-order chi connectivity index (χ1) is 7.93. The largest absolute Gasteiger partial charge is 0.332 e. The Hall–Kier alpha value is 0.720. The summed E-state index contributed by atoms with van der Waals surface area (Å²) >= 11 is 30.3. The third-order valence-electron chi connectivity index (χ3n) is 2.67. The van der Waals surface area contributed by atoms with Crippen LogP contribution in [0.3, 0.4) is 0 Å². The van der Waals surface area contributed by atoms with Gasteiger partial charge >= 0.3 is 0 Å². The average molecular weight is 356 g/mol. The predicted molar refractivity (Wildman–Crippen MR) is 81.0 cm³/mol. The van der Waals surface area contributed by atoms with Crippen LogP contribution in [-0.2, 0) is 0 Å². The molecular weight excluding hydrogens is 339 g/mol. The maximum atomic E-state index is 6.30. The lowest BCUT2D eigenvalue weighted by molar-refractivity contribution is 0.0673. The van der Waals surface area contributed by atoms with Crippen molar-refractivity contribution in [3.8, 4) is 0 Å². The molecule has 18 heavy (non-hydrogen) atoms. The Kier molecular flexibility index (Phi) is 4.89. The van der Waals surface area contributed by atoms with Crippen molar-refractivity contribution in [1.29, 1.82) is 0 Å². The molecule has 0 saturated carbocycles. The van der Waals surface area contributed by atoms with Crippen molar-refractivity contribution in [2.24, 2.45) is 5.10 Å². The van der Waals surface area contributed by atoms with Crippen LogP contribution in [-0.4, -0.2) is 42.6 Å². The minimum absolute atomic E-state index is 0.247. The quantitative estimate of drug-likeness (QED) is 0.690. The van der Waals surface area contributed by atoms with Gasteiger partial charge in [0.15, 0.2) is 6.17 Å². The third-order valence-corrected chi connectivity index (χ3v) is 5.10. The Morgan fingerprint density at radius 1 is 1.11 bits per heavy atom. The Morgan fingerprint density at radius 3 is 1.94 bits per heavy atom. The summed E-state index contributed by atoms with van der Waals surface area (Å²) in [6.45, 7) is 8.56. The highest BCUT2D eigenvalue weighted by atomic mass is 35.6. The summed E-state index contributed by atoms with van der Waals surface area (Å²) in [5.41, 5.74) is -0.247. The van der Waals surface area contributed by atoms with Gasteiger partial charge in [-0.25, -0.2) is 0 Å². The summed E-state index contributed by atoms with van der Waals surface area (Å²) in [7, 11) is 0. The van der Waals surface area contributed by atoms with Gasteiger partial charge in [0.05, 0.1) is 0 Å². The highest BCUT2D eigenvalue weighted by molar-refractivity contribution is 6.75. The van der Waals surface area contributed by atoms with Gasteiger partial charge in [0.25, 0.3) is 0 Å². The number of hydrazone groups is 1. The van der Waals surface area contributed by atoms with Crippen LogP contribution in [0.1, 0.15) is 27.7 Å². The first-order valence-corrected chi connectivity index (χ1v) is 7.35. The molecule has 0 bridgehead atoms. The van der Waals surface area contributed by atoms with E-state index in [2.05, 4.69) is 5.10 Å². The molecule has 0 N–H and O–H groups in total. The number of alkyl halides is 5. The molecule has 106 valence electrons. The number of hydrogen-bond donors (Lipinski definition) is 0. The normalized spacial score (nSPS) is 21.9. The number of rotatable bonds is 2. The van der Waals surface area contributed by atoms with E-state index in [1.54, 1.807) is 11.3 Å². The van der Waals surface area contributed by atoms with Crippen molar-refractivity contribution in [2.75, 3.05) is 6.54 Å². The molecule has 1 heterocycles. The molecule has 0 aromatic rings. The fourth-order valence-electron chi connectivity index (χ4n) is 1.69. The van der Waals surface area contributed by atoms with E-state index in [1.165, 1.54) is 0 Å². The zero-order chi connectivity index (χ0) is 14.4. The van der Waals surface area contributed by atoms with Crippen LogP contribution in [0.4, 0.5) is 0 Å². The van der Waals surface area contributed by atoms with Gasteiger partial charge in [0, 0.05) is 12.1 Å². The van der Waals surface area contributed by atoms with Crippen molar-refractivity contribution in [1.82, 2.24) is 9.91 Å². The zero-order valence-corrected chi connectivity index (χ0v) is 14.4. The molecule has 8 heteroatoms. The monoisotopic (exact) mass is 353 g/mol. The molecule has 1 aliphatic rings. The van der Waals surface area contributed by atoms with E-state index in [0.717, 1.165) is 0 Å². The summed E-state index contributed by atoms with van der Waals surface area (Å²) in [5, 5.41) is 5.95. The van der Waals surface area contributed by atoms with Crippen LogP contribution < -0.4 is 0 Å². The molecule has 1 rings (SSSR count). The van der Waals surface area contributed by atoms with Gasteiger partial charge in [0.1, 0.15) is 6.34 Å². The second-order valence-corrected chi connectivity index (χ2v) is 8.73. The van der Waals surface area contributed by atoms with Crippen LogP contribution in [0.25, 0.3) is 0 Å². The SMILES string of the molecule is CCN1N=CN(C(C)(C)C)C1C(Cl)(Cl)C(Cl)(Cl)Cl. The average Bonchev–Trinajstić information content (AvgIpc) is 2.58. The fraction of sp³-hybridized carbons (Fsp3) is 0.900. The zero-order valence-electron chi connectivity index (χ0n) is 10.6. The second kappa shape index (κ2) is 5.25. The fourth-order valence-corrected chi connectivity index (χ4v) is 2.42. The highest BCUT2D eigenvalue weighted by Gasteiger charge is 2.58. The lowest BCUT2D eigenvalue weighted by Gasteiger charge is -2.46. The van der Waals surface area contributed by atoms with Crippen molar-refractivity contribution >= 4 is 64.3 Å². The molecule has 3 nitrogen and oxygen atoms in total. The maximum Gasteiger partial charge on any atom is 0.227 e. The molecule has 1 atom stereocenters. The molecule has 0 fully saturated rings. The molecule has 0 spiro atoms. The minimum Gasteiger partial charge on any atom is -0.332 e. The van der Waals surface area contributed by atoms with Crippen LogP contribution >= 0.6 is 58.0 Å². The molecule has 0 aliphatic carbocycles. The Morgan fingerprint density at radius 2 is 1.61 bits per heavy atom. The van der Waals surface area contributed by atoms with Crippen molar-refractivity contribution in [3.05, 3.63) is 0 Å².